The van der Waals surface area contributed by atoms with Gasteiger partial charge >= 0.3 is 5.97 Å². The van der Waals surface area contributed by atoms with E-state index in [0.717, 1.165) is 11.3 Å². The molecule has 1 N–H and O–H groups in total. The molecule has 18 heavy (non-hydrogen) atoms. The third-order valence-electron chi connectivity index (χ3n) is 2.44. The number of ether oxygens (including phenoxy) is 2. The van der Waals surface area contributed by atoms with Gasteiger partial charge in [-0.15, -0.1) is 0 Å². The second-order valence-electron chi connectivity index (χ2n) is 4.32. The van der Waals surface area contributed by atoms with Crippen LogP contribution in [0.15, 0.2) is 24.3 Å². The molecule has 0 bridgehead atoms. The summed E-state index contributed by atoms with van der Waals surface area (Å²) >= 11 is 0. The largest absolute Gasteiger partial charge is 0.496 e. The van der Waals surface area contributed by atoms with Crippen LogP contribution in [-0.2, 0) is 21.0 Å². The molecular formula is C13H19NO4. The number of rotatable bonds is 6. The highest BCUT2D eigenvalue weighted by molar-refractivity contribution is 5.79. The molecule has 5 nitrogen and oxygen atoms in total. The number of carbonyl (C=O) groups is 1. The minimum atomic E-state index is -0.892. The molecular weight excluding hydrogens is 234 g/mol. The van der Waals surface area contributed by atoms with Gasteiger partial charge < -0.3 is 9.47 Å². The van der Waals surface area contributed by atoms with Gasteiger partial charge in [-0.2, -0.15) is 5.48 Å². The van der Waals surface area contributed by atoms with Crippen LogP contribution in [0.5, 0.6) is 5.75 Å². The van der Waals surface area contributed by atoms with E-state index < -0.39 is 5.54 Å². The van der Waals surface area contributed by atoms with Crippen molar-refractivity contribution in [1.82, 2.24) is 5.48 Å². The normalized spacial score (nSPS) is 11.1. The Labute approximate surface area is 107 Å². The second kappa shape index (κ2) is 6.37. The van der Waals surface area contributed by atoms with Crippen LogP contribution >= 0.6 is 0 Å². The van der Waals surface area contributed by atoms with Crippen LogP contribution in [0.2, 0.25) is 0 Å². The van der Waals surface area contributed by atoms with Crippen molar-refractivity contribution in [3.05, 3.63) is 29.8 Å². The highest BCUT2D eigenvalue weighted by atomic mass is 16.7. The average molecular weight is 253 g/mol. The monoisotopic (exact) mass is 253 g/mol. The van der Waals surface area contributed by atoms with Gasteiger partial charge in [-0.1, -0.05) is 18.2 Å². The molecule has 0 aliphatic rings. The zero-order valence-electron chi connectivity index (χ0n) is 11.1. The van der Waals surface area contributed by atoms with E-state index in [0.29, 0.717) is 6.61 Å². The molecule has 0 heterocycles. The van der Waals surface area contributed by atoms with Crippen LogP contribution < -0.4 is 10.2 Å². The molecule has 0 saturated heterocycles. The molecule has 0 aromatic heterocycles. The quantitative estimate of drug-likeness (QED) is 0.617. The first kappa shape index (κ1) is 14.5. The van der Waals surface area contributed by atoms with Gasteiger partial charge in [0.15, 0.2) is 0 Å². The summed E-state index contributed by atoms with van der Waals surface area (Å²) in [6.45, 7) is 3.66. The van der Waals surface area contributed by atoms with Gasteiger partial charge in [0.2, 0.25) is 0 Å². The van der Waals surface area contributed by atoms with Crippen molar-refractivity contribution in [1.29, 1.82) is 0 Å². The molecule has 0 spiro atoms. The summed E-state index contributed by atoms with van der Waals surface area (Å²) < 4.78 is 9.85. The third-order valence-corrected chi connectivity index (χ3v) is 2.44. The van der Waals surface area contributed by atoms with Gasteiger partial charge in [-0.05, 0) is 19.9 Å². The number of para-hydroxylation sites is 1. The maximum absolute atomic E-state index is 11.4. The Kier molecular flexibility index (Phi) is 5.12. The van der Waals surface area contributed by atoms with Crippen LogP contribution in [0.1, 0.15) is 19.4 Å². The van der Waals surface area contributed by atoms with Gasteiger partial charge in [-0.3, -0.25) is 4.84 Å². The lowest BCUT2D eigenvalue weighted by Gasteiger charge is -2.22. The van der Waals surface area contributed by atoms with Crippen molar-refractivity contribution in [2.75, 3.05) is 14.2 Å². The number of nitrogens with one attached hydrogen (secondary N) is 1. The molecule has 100 valence electrons. The molecule has 0 unspecified atom stereocenters. The van der Waals surface area contributed by atoms with Gasteiger partial charge in [0, 0.05) is 5.56 Å². The highest BCUT2D eigenvalue weighted by Crippen LogP contribution is 2.18. The average Bonchev–Trinajstić information content (AvgIpc) is 2.38. The number of hydrogen-bond donors (Lipinski definition) is 1. The third kappa shape index (κ3) is 3.72. The van der Waals surface area contributed by atoms with E-state index >= 15 is 0 Å². The van der Waals surface area contributed by atoms with E-state index in [-0.39, 0.29) is 5.97 Å². The summed E-state index contributed by atoms with van der Waals surface area (Å²) in [6, 6.07) is 7.52. The van der Waals surface area contributed by atoms with Crippen LogP contribution in [0, 0.1) is 0 Å². The minimum absolute atomic E-state index is 0.296. The Morgan fingerprint density at radius 3 is 2.56 bits per heavy atom. The fourth-order valence-electron chi connectivity index (χ4n) is 1.41. The Bertz CT molecular complexity index is 404. The van der Waals surface area contributed by atoms with Gasteiger partial charge in [0.05, 0.1) is 20.8 Å². The van der Waals surface area contributed by atoms with Crippen molar-refractivity contribution in [2.24, 2.45) is 0 Å². The highest BCUT2D eigenvalue weighted by Gasteiger charge is 2.28. The van der Waals surface area contributed by atoms with Gasteiger partial charge in [-0.25, -0.2) is 4.79 Å². The predicted molar refractivity (Wildman–Crippen MR) is 67.0 cm³/mol. The first-order valence-corrected chi connectivity index (χ1v) is 5.60. The fourth-order valence-corrected chi connectivity index (χ4v) is 1.41. The SMILES string of the molecule is COC(=O)C(C)(C)NOCc1ccccc1OC. The van der Waals surface area contributed by atoms with Crippen molar-refractivity contribution >= 4 is 5.97 Å². The van der Waals surface area contributed by atoms with Crippen LogP contribution in [-0.4, -0.2) is 25.7 Å². The summed E-state index contributed by atoms with van der Waals surface area (Å²) in [4.78, 5) is 16.7. The Morgan fingerprint density at radius 2 is 1.94 bits per heavy atom. The molecule has 0 fully saturated rings. The molecule has 0 radical (unpaired) electrons. The number of benzene rings is 1. The smallest absolute Gasteiger partial charge is 0.327 e. The molecule has 1 aromatic carbocycles. The van der Waals surface area contributed by atoms with E-state index in [2.05, 4.69) is 10.2 Å². The number of methoxy groups -OCH3 is 2. The van der Waals surface area contributed by atoms with Gasteiger partial charge in [0.1, 0.15) is 11.3 Å². The molecule has 1 rings (SSSR count). The van der Waals surface area contributed by atoms with Crippen LogP contribution in [0.4, 0.5) is 0 Å². The first-order chi connectivity index (χ1) is 8.51. The zero-order valence-corrected chi connectivity index (χ0v) is 11.1. The van der Waals surface area contributed by atoms with Crippen molar-refractivity contribution < 1.29 is 19.1 Å². The minimum Gasteiger partial charge on any atom is -0.496 e. The lowest BCUT2D eigenvalue weighted by atomic mass is 10.1. The van der Waals surface area contributed by atoms with E-state index in [4.69, 9.17) is 9.57 Å². The molecule has 1 aromatic rings. The van der Waals surface area contributed by atoms with Crippen molar-refractivity contribution in [2.45, 2.75) is 26.0 Å². The predicted octanol–water partition coefficient (Wildman–Crippen LogP) is 1.67. The number of hydrogen-bond acceptors (Lipinski definition) is 5. The Morgan fingerprint density at radius 1 is 1.28 bits per heavy atom. The summed E-state index contributed by atoms with van der Waals surface area (Å²) in [5, 5.41) is 0. The van der Waals surface area contributed by atoms with E-state index in [1.807, 2.05) is 24.3 Å². The fraction of sp³-hybridized carbons (Fsp3) is 0.462. The molecule has 0 aliphatic heterocycles. The Balaban J connectivity index is 2.54. The molecule has 0 amide bonds. The zero-order chi connectivity index (χ0) is 13.6. The number of esters is 1. The summed E-state index contributed by atoms with van der Waals surface area (Å²) in [5.74, 6) is 0.359. The topological polar surface area (TPSA) is 56.8 Å². The van der Waals surface area contributed by atoms with E-state index in [9.17, 15) is 4.79 Å². The Hall–Kier alpha value is -1.59. The van der Waals surface area contributed by atoms with Crippen LogP contribution in [0.3, 0.4) is 0 Å². The summed E-state index contributed by atoms with van der Waals surface area (Å²) in [5.41, 5.74) is 2.68. The van der Waals surface area contributed by atoms with E-state index in [1.54, 1.807) is 21.0 Å². The molecule has 5 heteroatoms. The first-order valence-electron chi connectivity index (χ1n) is 5.60. The van der Waals surface area contributed by atoms with Crippen LogP contribution in [0.25, 0.3) is 0 Å². The summed E-state index contributed by atoms with van der Waals surface area (Å²) in [7, 11) is 2.94. The van der Waals surface area contributed by atoms with Crippen molar-refractivity contribution in [3.63, 3.8) is 0 Å². The lowest BCUT2D eigenvalue weighted by Crippen LogP contribution is -2.47. The lowest BCUT2D eigenvalue weighted by molar-refractivity contribution is -0.155. The second-order valence-corrected chi connectivity index (χ2v) is 4.32. The van der Waals surface area contributed by atoms with Gasteiger partial charge in [0.25, 0.3) is 0 Å². The number of carbonyl (C=O) groups excluding carboxylic acids is 1. The number of hydroxylamine groups is 1. The standard InChI is InChI=1S/C13H19NO4/c1-13(2,12(15)17-4)14-18-9-10-7-5-6-8-11(10)16-3/h5-8,14H,9H2,1-4H3. The summed E-state index contributed by atoms with van der Waals surface area (Å²) in [6.07, 6.45) is 0. The maximum Gasteiger partial charge on any atom is 0.327 e. The molecule has 0 aliphatic carbocycles. The maximum atomic E-state index is 11.4. The van der Waals surface area contributed by atoms with E-state index in [1.165, 1.54) is 7.11 Å². The molecule has 0 atom stereocenters. The molecule has 0 saturated carbocycles. The van der Waals surface area contributed by atoms with Crippen molar-refractivity contribution in [3.8, 4) is 5.75 Å².